The average molecular weight is 129 g/mol. The van der Waals surface area contributed by atoms with Crippen molar-refractivity contribution in [3.05, 3.63) is 12.2 Å². The first-order valence-electron chi connectivity index (χ1n) is 3.06. The molecule has 0 fully saturated rings. The van der Waals surface area contributed by atoms with Gasteiger partial charge in [-0.25, -0.2) is 0 Å². The maximum Gasteiger partial charge on any atom is 0.0644 e. The van der Waals surface area contributed by atoms with Crippen molar-refractivity contribution in [2.75, 3.05) is 34.4 Å². The minimum Gasteiger partial charge on any atom is -0.381 e. The molecule has 0 saturated heterocycles. The number of likely N-dealkylation sites (N-methyl/N-ethyl adjacent to an activating group) is 1. The van der Waals surface area contributed by atoms with Gasteiger partial charge in [-0.05, 0) is 14.1 Å². The van der Waals surface area contributed by atoms with Crippen molar-refractivity contribution in [1.82, 2.24) is 4.90 Å². The van der Waals surface area contributed by atoms with Gasteiger partial charge in [0.25, 0.3) is 0 Å². The highest BCUT2D eigenvalue weighted by atomic mass is 16.5. The molecule has 0 aromatic heterocycles. The second kappa shape index (κ2) is 5.79. The molecule has 0 unspecified atom stereocenters. The first kappa shape index (κ1) is 8.66. The fourth-order valence-electron chi connectivity index (χ4n) is 0.450. The fourth-order valence-corrected chi connectivity index (χ4v) is 0.450. The van der Waals surface area contributed by atoms with Crippen LogP contribution in [0.2, 0.25) is 0 Å². The molecule has 0 atom stereocenters. The van der Waals surface area contributed by atoms with Gasteiger partial charge in [0.15, 0.2) is 0 Å². The molecule has 0 amide bonds. The molecule has 0 spiro atoms. The monoisotopic (exact) mass is 129 g/mol. The second-order valence-corrected chi connectivity index (χ2v) is 2.19. The van der Waals surface area contributed by atoms with Crippen molar-refractivity contribution < 1.29 is 4.74 Å². The maximum atomic E-state index is 4.82. The van der Waals surface area contributed by atoms with Crippen LogP contribution in [0.1, 0.15) is 0 Å². The van der Waals surface area contributed by atoms with E-state index in [4.69, 9.17) is 4.74 Å². The van der Waals surface area contributed by atoms with Crippen molar-refractivity contribution in [3.8, 4) is 0 Å². The number of hydrogen-bond acceptors (Lipinski definition) is 2. The quantitative estimate of drug-likeness (QED) is 0.519. The van der Waals surface area contributed by atoms with E-state index in [0.717, 1.165) is 6.54 Å². The Bertz CT molecular complexity index is 79.0. The fraction of sp³-hybridized carbons (Fsp3) is 0.714. The van der Waals surface area contributed by atoms with Gasteiger partial charge in [-0.1, -0.05) is 12.2 Å². The average Bonchev–Trinajstić information content (AvgIpc) is 1.80. The molecule has 0 N–H and O–H groups in total. The molecule has 0 rings (SSSR count). The van der Waals surface area contributed by atoms with Crippen molar-refractivity contribution in [1.29, 1.82) is 0 Å². The van der Waals surface area contributed by atoms with Crippen LogP contribution in [0.5, 0.6) is 0 Å². The Balaban J connectivity index is 3.04. The Morgan fingerprint density at radius 1 is 1.33 bits per heavy atom. The van der Waals surface area contributed by atoms with Gasteiger partial charge in [-0.2, -0.15) is 0 Å². The lowest BCUT2D eigenvalue weighted by Crippen LogP contribution is -2.10. The lowest BCUT2D eigenvalue weighted by molar-refractivity contribution is 0.233. The summed E-state index contributed by atoms with van der Waals surface area (Å²) in [5.41, 5.74) is 0. The molecule has 2 nitrogen and oxygen atoms in total. The Labute approximate surface area is 57.1 Å². The molecule has 0 radical (unpaired) electrons. The van der Waals surface area contributed by atoms with Gasteiger partial charge in [-0.3, -0.25) is 0 Å². The van der Waals surface area contributed by atoms with Crippen LogP contribution in [0.4, 0.5) is 0 Å². The summed E-state index contributed by atoms with van der Waals surface area (Å²) in [6, 6.07) is 0. The molecule has 2 heteroatoms. The zero-order valence-electron chi connectivity index (χ0n) is 6.42. The summed E-state index contributed by atoms with van der Waals surface area (Å²) in [4.78, 5) is 2.10. The second-order valence-electron chi connectivity index (χ2n) is 2.19. The summed E-state index contributed by atoms with van der Waals surface area (Å²) in [6.45, 7) is 1.71. The predicted octanol–water partition coefficient (Wildman–Crippen LogP) is 0.751. The normalized spacial score (nSPS) is 11.6. The largest absolute Gasteiger partial charge is 0.381 e. The number of hydrogen-bond donors (Lipinski definition) is 0. The Morgan fingerprint density at radius 3 is 2.44 bits per heavy atom. The lowest BCUT2D eigenvalue weighted by atomic mass is 10.5. The molecule has 0 aliphatic carbocycles. The van der Waals surface area contributed by atoms with Crippen molar-refractivity contribution in [3.63, 3.8) is 0 Å². The number of methoxy groups -OCH3 is 1. The van der Waals surface area contributed by atoms with E-state index in [1.807, 2.05) is 20.2 Å². The van der Waals surface area contributed by atoms with Crippen LogP contribution in [0, 0.1) is 0 Å². The summed E-state index contributed by atoms with van der Waals surface area (Å²) in [7, 11) is 5.77. The molecule has 0 aliphatic heterocycles. The minimum atomic E-state index is 0.716. The molecule has 0 heterocycles. The zero-order valence-corrected chi connectivity index (χ0v) is 6.42. The Kier molecular flexibility index (Phi) is 5.57. The summed E-state index contributed by atoms with van der Waals surface area (Å²) >= 11 is 0. The molecule has 0 bridgehead atoms. The SMILES string of the molecule is COC/C=C/CN(C)C. The lowest BCUT2D eigenvalue weighted by Gasteiger charge is -2.02. The van der Waals surface area contributed by atoms with Crippen molar-refractivity contribution >= 4 is 0 Å². The number of nitrogens with zero attached hydrogens (tertiary/aromatic N) is 1. The third-order valence-electron chi connectivity index (χ3n) is 0.900. The highest BCUT2D eigenvalue weighted by Gasteiger charge is 1.79. The van der Waals surface area contributed by atoms with Gasteiger partial charge < -0.3 is 9.64 Å². The summed E-state index contributed by atoms with van der Waals surface area (Å²) in [5, 5.41) is 0. The molecule has 0 saturated carbocycles. The third kappa shape index (κ3) is 7.66. The van der Waals surface area contributed by atoms with Crippen LogP contribution in [0.25, 0.3) is 0 Å². The van der Waals surface area contributed by atoms with E-state index in [1.54, 1.807) is 7.11 Å². The molecule has 9 heavy (non-hydrogen) atoms. The van der Waals surface area contributed by atoms with Crippen molar-refractivity contribution in [2.24, 2.45) is 0 Å². The van der Waals surface area contributed by atoms with E-state index >= 15 is 0 Å². The Hall–Kier alpha value is -0.340. The van der Waals surface area contributed by atoms with E-state index in [0.29, 0.717) is 6.61 Å². The predicted molar refractivity (Wildman–Crippen MR) is 39.6 cm³/mol. The minimum absolute atomic E-state index is 0.716. The van der Waals surface area contributed by atoms with Gasteiger partial charge >= 0.3 is 0 Å². The van der Waals surface area contributed by atoms with Gasteiger partial charge in [0.1, 0.15) is 0 Å². The van der Waals surface area contributed by atoms with Crippen LogP contribution >= 0.6 is 0 Å². The van der Waals surface area contributed by atoms with Gasteiger partial charge in [-0.15, -0.1) is 0 Å². The molecular formula is C7H15NO. The highest BCUT2D eigenvalue weighted by Crippen LogP contribution is 1.77. The number of ether oxygens (including phenoxy) is 1. The summed E-state index contributed by atoms with van der Waals surface area (Å²) in [5.74, 6) is 0. The van der Waals surface area contributed by atoms with Gasteiger partial charge in [0.2, 0.25) is 0 Å². The highest BCUT2D eigenvalue weighted by molar-refractivity contribution is 4.83. The van der Waals surface area contributed by atoms with E-state index in [2.05, 4.69) is 11.0 Å². The Morgan fingerprint density at radius 2 is 2.00 bits per heavy atom. The standard InChI is InChI=1S/C7H15NO/c1-8(2)6-4-5-7-9-3/h4-5H,6-7H2,1-3H3/b5-4+. The summed E-state index contributed by atoms with van der Waals surface area (Å²) < 4.78 is 4.82. The summed E-state index contributed by atoms with van der Waals surface area (Å²) in [6.07, 6.45) is 4.10. The third-order valence-corrected chi connectivity index (χ3v) is 0.900. The van der Waals surface area contributed by atoms with Crippen molar-refractivity contribution in [2.45, 2.75) is 0 Å². The maximum absolute atomic E-state index is 4.82. The van der Waals surface area contributed by atoms with Crippen LogP contribution in [0.15, 0.2) is 12.2 Å². The smallest absolute Gasteiger partial charge is 0.0644 e. The molecule has 0 aromatic rings. The molecule has 0 aliphatic rings. The number of rotatable bonds is 4. The van der Waals surface area contributed by atoms with E-state index < -0.39 is 0 Å². The molecule has 54 valence electrons. The first-order valence-corrected chi connectivity index (χ1v) is 3.06. The van der Waals surface area contributed by atoms with Crippen LogP contribution in [0.3, 0.4) is 0 Å². The topological polar surface area (TPSA) is 12.5 Å². The van der Waals surface area contributed by atoms with E-state index in [9.17, 15) is 0 Å². The van der Waals surface area contributed by atoms with Crippen LogP contribution < -0.4 is 0 Å². The van der Waals surface area contributed by atoms with Crippen LogP contribution in [-0.4, -0.2) is 39.3 Å². The first-order chi connectivity index (χ1) is 4.27. The zero-order chi connectivity index (χ0) is 7.11. The van der Waals surface area contributed by atoms with Gasteiger partial charge in [0.05, 0.1) is 6.61 Å². The van der Waals surface area contributed by atoms with Gasteiger partial charge in [0, 0.05) is 13.7 Å². The van der Waals surface area contributed by atoms with E-state index in [-0.39, 0.29) is 0 Å². The molecular weight excluding hydrogens is 114 g/mol. The van der Waals surface area contributed by atoms with E-state index in [1.165, 1.54) is 0 Å². The van der Waals surface area contributed by atoms with Crippen LogP contribution in [-0.2, 0) is 4.74 Å². The molecule has 0 aromatic carbocycles.